The summed E-state index contributed by atoms with van der Waals surface area (Å²) in [5.74, 6) is -0.320. The molecule has 1 aromatic rings. The third-order valence-corrected chi connectivity index (χ3v) is 2.84. The topological polar surface area (TPSA) is 72.6 Å². The maximum Gasteiger partial charge on any atom is 0.325 e. The van der Waals surface area contributed by atoms with Crippen LogP contribution in [0.5, 0.6) is 5.75 Å². The van der Waals surface area contributed by atoms with Gasteiger partial charge < -0.3 is 15.6 Å². The summed E-state index contributed by atoms with van der Waals surface area (Å²) in [6.45, 7) is 0. The van der Waals surface area contributed by atoms with E-state index in [0.29, 0.717) is 11.3 Å². The lowest BCUT2D eigenvalue weighted by Gasteiger charge is -2.26. The molecule has 1 aliphatic rings. The molecule has 1 fully saturated rings. The van der Waals surface area contributed by atoms with Crippen molar-refractivity contribution in [1.82, 2.24) is 0 Å². The number of rotatable bonds is 4. The quantitative estimate of drug-likeness (QED) is 0.811. The molecule has 0 saturated heterocycles. The Morgan fingerprint density at radius 1 is 1.50 bits per heavy atom. The Kier molecular flexibility index (Phi) is 3.10. The summed E-state index contributed by atoms with van der Waals surface area (Å²) >= 11 is 0. The van der Waals surface area contributed by atoms with Crippen molar-refractivity contribution in [2.24, 2.45) is 5.73 Å². The molecule has 0 bridgehead atoms. The second kappa shape index (κ2) is 4.53. The van der Waals surface area contributed by atoms with Crippen molar-refractivity contribution in [2.75, 3.05) is 0 Å². The molecule has 1 atom stereocenters. The molecular formula is C12H15NO3. The minimum atomic E-state index is -1.03. The third kappa shape index (κ3) is 2.33. The zero-order chi connectivity index (χ0) is 11.5. The molecule has 0 spiro atoms. The minimum Gasteiger partial charge on any atom is -0.490 e. The van der Waals surface area contributed by atoms with Crippen LogP contribution in [0.1, 0.15) is 30.9 Å². The van der Waals surface area contributed by atoms with Crippen LogP contribution in [0.25, 0.3) is 0 Å². The normalized spacial score (nSPS) is 17.6. The zero-order valence-electron chi connectivity index (χ0n) is 8.93. The monoisotopic (exact) mass is 221 g/mol. The Morgan fingerprint density at radius 3 is 2.81 bits per heavy atom. The van der Waals surface area contributed by atoms with E-state index in [2.05, 4.69) is 0 Å². The summed E-state index contributed by atoms with van der Waals surface area (Å²) in [5, 5.41) is 8.80. The molecule has 0 radical (unpaired) electrons. The summed E-state index contributed by atoms with van der Waals surface area (Å²) < 4.78 is 5.67. The third-order valence-electron chi connectivity index (χ3n) is 2.84. The summed E-state index contributed by atoms with van der Waals surface area (Å²) in [6, 6.07) is 6.02. The Balaban J connectivity index is 2.08. The minimum absolute atomic E-state index is 0.288. The van der Waals surface area contributed by atoms with Gasteiger partial charge in [0, 0.05) is 0 Å². The molecule has 0 amide bonds. The van der Waals surface area contributed by atoms with Crippen molar-refractivity contribution in [1.29, 1.82) is 0 Å². The van der Waals surface area contributed by atoms with Crippen LogP contribution in [0.4, 0.5) is 0 Å². The van der Waals surface area contributed by atoms with Crippen molar-refractivity contribution in [3.63, 3.8) is 0 Å². The predicted octanol–water partition coefficient (Wildman–Crippen LogP) is 1.70. The highest BCUT2D eigenvalue weighted by Crippen LogP contribution is 2.26. The number of carboxylic acids is 1. The van der Waals surface area contributed by atoms with Crippen molar-refractivity contribution >= 4 is 5.97 Å². The Labute approximate surface area is 94.0 Å². The van der Waals surface area contributed by atoms with E-state index in [1.165, 1.54) is 6.42 Å². The maximum absolute atomic E-state index is 10.7. The lowest BCUT2D eigenvalue weighted by molar-refractivity contribution is -0.138. The van der Waals surface area contributed by atoms with Crippen LogP contribution >= 0.6 is 0 Å². The van der Waals surface area contributed by atoms with Crippen LogP contribution in [0, 0.1) is 0 Å². The van der Waals surface area contributed by atoms with Crippen LogP contribution in [0.3, 0.4) is 0 Å². The first-order valence-electron chi connectivity index (χ1n) is 5.42. The molecular weight excluding hydrogens is 206 g/mol. The lowest BCUT2D eigenvalue weighted by atomic mass is 9.96. The first-order chi connectivity index (χ1) is 7.66. The molecule has 16 heavy (non-hydrogen) atoms. The van der Waals surface area contributed by atoms with E-state index in [9.17, 15) is 4.79 Å². The van der Waals surface area contributed by atoms with Gasteiger partial charge in [0.25, 0.3) is 0 Å². The van der Waals surface area contributed by atoms with E-state index in [4.69, 9.17) is 15.6 Å². The second-order valence-corrected chi connectivity index (χ2v) is 4.06. The fourth-order valence-electron chi connectivity index (χ4n) is 1.60. The molecule has 0 aliphatic heterocycles. The van der Waals surface area contributed by atoms with Gasteiger partial charge in [0.2, 0.25) is 0 Å². The number of hydrogen-bond donors (Lipinski definition) is 2. The number of carbonyl (C=O) groups is 1. The lowest BCUT2D eigenvalue weighted by Crippen LogP contribution is -2.25. The first-order valence-corrected chi connectivity index (χ1v) is 5.42. The Bertz CT molecular complexity index is 388. The number of nitrogens with two attached hydrogens (primary N) is 1. The molecule has 2 rings (SSSR count). The fourth-order valence-corrected chi connectivity index (χ4v) is 1.60. The smallest absolute Gasteiger partial charge is 0.325 e. The van der Waals surface area contributed by atoms with Crippen LogP contribution in [0.2, 0.25) is 0 Å². The summed E-state index contributed by atoms with van der Waals surface area (Å²) in [4.78, 5) is 10.7. The van der Waals surface area contributed by atoms with Gasteiger partial charge in [0.1, 0.15) is 11.8 Å². The van der Waals surface area contributed by atoms with Crippen LogP contribution < -0.4 is 10.5 Å². The van der Waals surface area contributed by atoms with Gasteiger partial charge in [-0.05, 0) is 37.0 Å². The summed E-state index contributed by atoms with van der Waals surface area (Å²) in [7, 11) is 0. The predicted molar refractivity (Wildman–Crippen MR) is 59.3 cm³/mol. The summed E-state index contributed by atoms with van der Waals surface area (Å²) in [6.07, 6.45) is 3.65. The van der Waals surface area contributed by atoms with Gasteiger partial charge in [-0.15, -0.1) is 0 Å². The Morgan fingerprint density at radius 2 is 2.25 bits per heavy atom. The van der Waals surface area contributed by atoms with E-state index in [-0.39, 0.29) is 6.10 Å². The number of carboxylic acid groups (broad SMARTS) is 1. The molecule has 1 unspecified atom stereocenters. The highest BCUT2D eigenvalue weighted by Gasteiger charge is 2.20. The molecule has 0 aromatic heterocycles. The van der Waals surface area contributed by atoms with Gasteiger partial charge in [-0.3, -0.25) is 4.79 Å². The van der Waals surface area contributed by atoms with Crippen molar-refractivity contribution in [3.8, 4) is 5.75 Å². The number of hydrogen-bond acceptors (Lipinski definition) is 3. The van der Waals surface area contributed by atoms with Crippen LogP contribution in [-0.4, -0.2) is 17.2 Å². The standard InChI is InChI=1S/C12H15NO3/c13-11(12(14)15)8-3-1-6-10(7-8)16-9-4-2-5-9/h1,3,6-7,9,11H,2,4-5,13H2,(H,14,15). The van der Waals surface area contributed by atoms with Gasteiger partial charge in [0.15, 0.2) is 0 Å². The molecule has 86 valence electrons. The fraction of sp³-hybridized carbons (Fsp3) is 0.417. The zero-order valence-corrected chi connectivity index (χ0v) is 8.93. The molecule has 4 heteroatoms. The van der Waals surface area contributed by atoms with E-state index in [1.54, 1.807) is 18.2 Å². The van der Waals surface area contributed by atoms with E-state index in [1.807, 2.05) is 6.07 Å². The number of aliphatic carboxylic acids is 1. The van der Waals surface area contributed by atoms with Crippen LogP contribution in [-0.2, 0) is 4.79 Å². The summed E-state index contributed by atoms with van der Waals surface area (Å²) in [5.41, 5.74) is 6.10. The van der Waals surface area contributed by atoms with Crippen molar-refractivity contribution in [2.45, 2.75) is 31.4 Å². The highest BCUT2D eigenvalue weighted by atomic mass is 16.5. The highest BCUT2D eigenvalue weighted by molar-refractivity contribution is 5.75. The number of ether oxygens (including phenoxy) is 1. The average molecular weight is 221 g/mol. The van der Waals surface area contributed by atoms with Gasteiger partial charge >= 0.3 is 5.97 Å². The van der Waals surface area contributed by atoms with Gasteiger partial charge in [-0.1, -0.05) is 12.1 Å². The molecule has 1 saturated carbocycles. The average Bonchev–Trinajstić information content (AvgIpc) is 2.23. The SMILES string of the molecule is NC(C(=O)O)c1cccc(OC2CCC2)c1. The number of benzene rings is 1. The molecule has 4 nitrogen and oxygen atoms in total. The first kappa shape index (κ1) is 11.0. The van der Waals surface area contributed by atoms with Crippen molar-refractivity contribution < 1.29 is 14.6 Å². The van der Waals surface area contributed by atoms with E-state index >= 15 is 0 Å². The largest absolute Gasteiger partial charge is 0.490 e. The van der Waals surface area contributed by atoms with Crippen LogP contribution in [0.15, 0.2) is 24.3 Å². The van der Waals surface area contributed by atoms with Gasteiger partial charge in [-0.25, -0.2) is 0 Å². The molecule has 3 N–H and O–H groups in total. The van der Waals surface area contributed by atoms with E-state index in [0.717, 1.165) is 12.8 Å². The molecule has 1 aromatic carbocycles. The maximum atomic E-state index is 10.7. The molecule has 1 aliphatic carbocycles. The van der Waals surface area contributed by atoms with E-state index < -0.39 is 12.0 Å². The second-order valence-electron chi connectivity index (χ2n) is 4.06. The van der Waals surface area contributed by atoms with Gasteiger partial charge in [-0.2, -0.15) is 0 Å². The van der Waals surface area contributed by atoms with Crippen molar-refractivity contribution in [3.05, 3.63) is 29.8 Å². The van der Waals surface area contributed by atoms with Gasteiger partial charge in [0.05, 0.1) is 6.10 Å². The molecule has 0 heterocycles. The Hall–Kier alpha value is -1.55.